The normalized spacial score (nSPS) is 10.3. The zero-order valence-corrected chi connectivity index (χ0v) is 14.1. The average molecular weight is 362 g/mol. The molecular formula is C16H13Cl2N5O. The first-order chi connectivity index (χ1) is 11.6. The predicted octanol–water partition coefficient (Wildman–Crippen LogP) is 4.67. The van der Waals surface area contributed by atoms with Crippen LogP contribution in [0.25, 0.3) is 0 Å². The van der Waals surface area contributed by atoms with E-state index in [9.17, 15) is 0 Å². The second-order valence-corrected chi connectivity index (χ2v) is 5.62. The lowest BCUT2D eigenvalue weighted by molar-refractivity contribution is 0.415. The van der Waals surface area contributed by atoms with Crippen LogP contribution in [0.5, 0.6) is 5.75 Å². The molecule has 0 bridgehead atoms. The number of halogens is 2. The summed E-state index contributed by atoms with van der Waals surface area (Å²) >= 11 is 12.1. The number of rotatable bonds is 5. The quantitative estimate of drug-likeness (QED) is 0.687. The zero-order chi connectivity index (χ0) is 16.9. The summed E-state index contributed by atoms with van der Waals surface area (Å²) in [5.41, 5.74) is 1.53. The van der Waals surface area contributed by atoms with E-state index in [-0.39, 0.29) is 0 Å². The third-order valence-electron chi connectivity index (χ3n) is 3.06. The van der Waals surface area contributed by atoms with E-state index < -0.39 is 0 Å². The van der Waals surface area contributed by atoms with Crippen LogP contribution in [0.15, 0.2) is 48.7 Å². The molecule has 122 valence electrons. The molecule has 0 spiro atoms. The maximum absolute atomic E-state index is 6.11. The van der Waals surface area contributed by atoms with Crippen molar-refractivity contribution in [2.24, 2.45) is 0 Å². The highest BCUT2D eigenvalue weighted by atomic mass is 35.5. The molecule has 0 unspecified atom stereocenters. The van der Waals surface area contributed by atoms with Crippen molar-refractivity contribution in [2.75, 3.05) is 17.7 Å². The molecule has 0 fully saturated rings. The van der Waals surface area contributed by atoms with Crippen LogP contribution in [0, 0.1) is 0 Å². The number of hydrogen-bond acceptors (Lipinski definition) is 6. The van der Waals surface area contributed by atoms with Gasteiger partial charge in [-0.25, -0.2) is 0 Å². The minimum atomic E-state index is 0.349. The summed E-state index contributed by atoms with van der Waals surface area (Å²) in [6.45, 7) is 0. The van der Waals surface area contributed by atoms with Crippen molar-refractivity contribution in [3.8, 4) is 5.75 Å². The molecule has 0 atom stereocenters. The Hall–Kier alpha value is -2.57. The summed E-state index contributed by atoms with van der Waals surface area (Å²) in [7, 11) is 1.57. The number of benzene rings is 2. The highest BCUT2D eigenvalue weighted by Crippen LogP contribution is 2.28. The smallest absolute Gasteiger partial charge is 0.249 e. The summed E-state index contributed by atoms with van der Waals surface area (Å²) < 4.78 is 5.13. The first kappa shape index (κ1) is 16.3. The number of anilines is 4. The summed E-state index contributed by atoms with van der Waals surface area (Å²) in [4.78, 5) is 4.35. The van der Waals surface area contributed by atoms with Gasteiger partial charge in [0.25, 0.3) is 0 Å². The van der Waals surface area contributed by atoms with Crippen LogP contribution in [0.1, 0.15) is 0 Å². The Bertz CT molecular complexity index is 859. The third-order valence-corrected chi connectivity index (χ3v) is 3.59. The van der Waals surface area contributed by atoms with Crippen molar-refractivity contribution in [1.29, 1.82) is 0 Å². The number of hydrogen-bond donors (Lipinski definition) is 2. The van der Waals surface area contributed by atoms with Gasteiger partial charge in [0.05, 0.1) is 18.3 Å². The molecular weight excluding hydrogens is 349 g/mol. The van der Waals surface area contributed by atoms with Gasteiger partial charge < -0.3 is 15.4 Å². The Balaban J connectivity index is 1.76. The molecule has 3 rings (SSSR count). The van der Waals surface area contributed by atoms with Crippen LogP contribution < -0.4 is 15.4 Å². The van der Waals surface area contributed by atoms with Crippen molar-refractivity contribution in [1.82, 2.24) is 15.2 Å². The fraction of sp³-hybridized carbons (Fsp3) is 0.0625. The van der Waals surface area contributed by atoms with Gasteiger partial charge in [-0.3, -0.25) is 0 Å². The third kappa shape index (κ3) is 4.04. The lowest BCUT2D eigenvalue weighted by Crippen LogP contribution is -2.02. The summed E-state index contributed by atoms with van der Waals surface area (Å²) in [5.74, 6) is 1.48. The lowest BCUT2D eigenvalue weighted by Gasteiger charge is -2.09. The van der Waals surface area contributed by atoms with E-state index in [1.165, 1.54) is 6.20 Å². The fourth-order valence-corrected chi connectivity index (χ4v) is 2.45. The van der Waals surface area contributed by atoms with Crippen LogP contribution in [0.4, 0.5) is 23.1 Å². The van der Waals surface area contributed by atoms with E-state index in [1.807, 2.05) is 18.2 Å². The van der Waals surface area contributed by atoms with E-state index in [2.05, 4.69) is 25.8 Å². The van der Waals surface area contributed by atoms with Crippen molar-refractivity contribution < 1.29 is 4.74 Å². The molecule has 0 saturated carbocycles. The number of nitrogens with zero attached hydrogens (tertiary/aromatic N) is 3. The Kier molecular flexibility index (Phi) is 4.98. The number of aromatic nitrogens is 3. The zero-order valence-electron chi connectivity index (χ0n) is 12.6. The maximum atomic E-state index is 6.11. The molecule has 0 aliphatic heterocycles. The monoisotopic (exact) mass is 361 g/mol. The van der Waals surface area contributed by atoms with Gasteiger partial charge in [0, 0.05) is 16.4 Å². The van der Waals surface area contributed by atoms with Crippen LogP contribution >= 0.6 is 23.2 Å². The first-order valence-electron chi connectivity index (χ1n) is 6.97. The van der Waals surface area contributed by atoms with Crippen LogP contribution in [0.3, 0.4) is 0 Å². The minimum Gasteiger partial charge on any atom is -0.495 e. The first-order valence-corrected chi connectivity index (χ1v) is 7.72. The Morgan fingerprint density at radius 1 is 1.00 bits per heavy atom. The molecule has 1 aromatic heterocycles. The number of nitrogens with one attached hydrogen (secondary N) is 2. The molecule has 0 aliphatic carbocycles. The van der Waals surface area contributed by atoms with E-state index >= 15 is 0 Å². The predicted molar refractivity (Wildman–Crippen MR) is 95.8 cm³/mol. The summed E-state index contributed by atoms with van der Waals surface area (Å²) in [5, 5.41) is 15.2. The molecule has 24 heavy (non-hydrogen) atoms. The number of ether oxygens (including phenoxy) is 1. The van der Waals surface area contributed by atoms with E-state index in [1.54, 1.807) is 31.4 Å². The number of methoxy groups -OCH3 is 1. The summed E-state index contributed by atoms with van der Waals surface area (Å²) in [6, 6.07) is 12.6. The molecule has 8 heteroatoms. The second kappa shape index (κ2) is 7.33. The average Bonchev–Trinajstić information content (AvgIpc) is 2.55. The summed E-state index contributed by atoms with van der Waals surface area (Å²) in [6.07, 6.45) is 1.52. The van der Waals surface area contributed by atoms with Crippen LogP contribution in [0.2, 0.25) is 10.0 Å². The molecule has 2 N–H and O–H groups in total. The Morgan fingerprint density at radius 3 is 2.58 bits per heavy atom. The topological polar surface area (TPSA) is 72.0 Å². The van der Waals surface area contributed by atoms with Crippen molar-refractivity contribution >= 4 is 46.3 Å². The van der Waals surface area contributed by atoms with Gasteiger partial charge in [-0.2, -0.15) is 10.1 Å². The molecule has 1 heterocycles. The van der Waals surface area contributed by atoms with Crippen LogP contribution in [-0.2, 0) is 0 Å². The van der Waals surface area contributed by atoms with Crippen molar-refractivity contribution in [2.45, 2.75) is 0 Å². The highest BCUT2D eigenvalue weighted by molar-refractivity contribution is 6.32. The Morgan fingerprint density at radius 2 is 1.83 bits per heavy atom. The van der Waals surface area contributed by atoms with Gasteiger partial charge in [0.1, 0.15) is 5.75 Å². The van der Waals surface area contributed by atoms with Gasteiger partial charge in [-0.15, -0.1) is 5.10 Å². The van der Waals surface area contributed by atoms with Crippen LogP contribution in [-0.4, -0.2) is 22.3 Å². The van der Waals surface area contributed by atoms with Crippen molar-refractivity contribution in [3.05, 3.63) is 58.7 Å². The van der Waals surface area contributed by atoms with E-state index in [4.69, 9.17) is 27.9 Å². The molecule has 3 aromatic rings. The molecule has 0 radical (unpaired) electrons. The molecule has 2 aromatic carbocycles. The van der Waals surface area contributed by atoms with Gasteiger partial charge in [0.2, 0.25) is 5.95 Å². The standard InChI is InChI=1S/C16H13Cl2N5O/c1-24-14-6-5-12(8-13(14)18)20-15-9-19-23-16(22-15)21-11-4-2-3-10(17)7-11/h2-9H,1H3,(H2,20,21,22,23). The highest BCUT2D eigenvalue weighted by Gasteiger charge is 2.05. The van der Waals surface area contributed by atoms with Gasteiger partial charge >= 0.3 is 0 Å². The lowest BCUT2D eigenvalue weighted by atomic mass is 10.3. The SMILES string of the molecule is COc1ccc(Nc2cnnc(Nc3cccc(Cl)c3)n2)cc1Cl. The second-order valence-electron chi connectivity index (χ2n) is 4.77. The molecule has 0 aliphatic rings. The van der Waals surface area contributed by atoms with E-state index in [0.717, 1.165) is 11.4 Å². The Labute approximate surface area is 148 Å². The van der Waals surface area contributed by atoms with E-state index in [0.29, 0.717) is 27.6 Å². The van der Waals surface area contributed by atoms with Gasteiger partial charge in [-0.1, -0.05) is 29.3 Å². The fourth-order valence-electron chi connectivity index (χ4n) is 2.00. The maximum Gasteiger partial charge on any atom is 0.249 e. The molecule has 0 saturated heterocycles. The van der Waals surface area contributed by atoms with Gasteiger partial charge in [0.15, 0.2) is 5.82 Å². The van der Waals surface area contributed by atoms with Crippen molar-refractivity contribution in [3.63, 3.8) is 0 Å². The van der Waals surface area contributed by atoms with Gasteiger partial charge in [-0.05, 0) is 36.4 Å². The molecule has 6 nitrogen and oxygen atoms in total. The molecule has 0 amide bonds. The minimum absolute atomic E-state index is 0.349. The largest absolute Gasteiger partial charge is 0.495 e.